The summed E-state index contributed by atoms with van der Waals surface area (Å²) < 4.78 is 1.66. The highest BCUT2D eigenvalue weighted by Crippen LogP contribution is 2.28. The van der Waals surface area contributed by atoms with Crippen molar-refractivity contribution in [3.05, 3.63) is 50.8 Å². The number of hydrogen-bond donors (Lipinski definition) is 1. The molecule has 19 heavy (non-hydrogen) atoms. The lowest BCUT2D eigenvalue weighted by Crippen LogP contribution is -2.06. The van der Waals surface area contributed by atoms with E-state index in [0.29, 0.717) is 17.3 Å². The number of nitrogens with one attached hydrogen (secondary N) is 1. The largest absolute Gasteiger partial charge is 0.382 e. The Kier molecular flexibility index (Phi) is 3.71. The van der Waals surface area contributed by atoms with Crippen molar-refractivity contribution in [3.8, 4) is 0 Å². The van der Waals surface area contributed by atoms with Gasteiger partial charge in [-0.05, 0) is 6.92 Å². The summed E-state index contributed by atoms with van der Waals surface area (Å²) in [6.07, 6.45) is 1.70. The van der Waals surface area contributed by atoms with Crippen LogP contribution < -0.4 is 5.32 Å². The second-order valence-corrected chi connectivity index (χ2v) is 4.49. The number of aromatic nitrogens is 2. The van der Waals surface area contributed by atoms with Crippen LogP contribution in [0.25, 0.3) is 0 Å². The topological polar surface area (TPSA) is 73.0 Å². The van der Waals surface area contributed by atoms with Crippen LogP contribution in [0, 0.1) is 17.0 Å². The van der Waals surface area contributed by atoms with E-state index in [1.54, 1.807) is 24.0 Å². The predicted octanol–water partition coefficient (Wildman–Crippen LogP) is 2.84. The molecule has 1 N–H and O–H groups in total. The maximum atomic E-state index is 11.0. The fraction of sp³-hybridized carbons (Fsp3) is 0.250. The molecule has 100 valence electrons. The summed E-state index contributed by atoms with van der Waals surface area (Å²) in [6.45, 7) is 2.23. The van der Waals surface area contributed by atoms with Gasteiger partial charge in [0.15, 0.2) is 0 Å². The van der Waals surface area contributed by atoms with Gasteiger partial charge >= 0.3 is 0 Å². The molecule has 7 heteroatoms. The molecule has 6 nitrogen and oxygen atoms in total. The van der Waals surface area contributed by atoms with E-state index in [4.69, 9.17) is 11.6 Å². The molecule has 0 unspecified atom stereocenters. The Bertz CT molecular complexity index is 605. The molecule has 2 aromatic rings. The highest BCUT2D eigenvalue weighted by molar-refractivity contribution is 6.31. The van der Waals surface area contributed by atoms with E-state index in [-0.39, 0.29) is 5.69 Å². The zero-order chi connectivity index (χ0) is 14.0. The Hall–Kier alpha value is -2.08. The van der Waals surface area contributed by atoms with Crippen LogP contribution in [0.15, 0.2) is 24.4 Å². The lowest BCUT2D eigenvalue weighted by molar-refractivity contribution is -0.384. The molecule has 0 saturated carbocycles. The van der Waals surface area contributed by atoms with Gasteiger partial charge < -0.3 is 5.32 Å². The first-order valence-corrected chi connectivity index (χ1v) is 6.04. The van der Waals surface area contributed by atoms with Crippen LogP contribution in [0.4, 0.5) is 11.4 Å². The number of aryl methyl sites for hydroxylation is 1. The lowest BCUT2D eigenvalue weighted by atomic mass is 10.1. The van der Waals surface area contributed by atoms with Crippen LogP contribution in [0.5, 0.6) is 0 Å². The zero-order valence-corrected chi connectivity index (χ0v) is 11.3. The molecule has 1 heterocycles. The molecule has 0 aliphatic rings. The van der Waals surface area contributed by atoms with Crippen molar-refractivity contribution >= 4 is 23.0 Å². The maximum absolute atomic E-state index is 11.0. The molecule has 0 bridgehead atoms. The Morgan fingerprint density at radius 1 is 1.53 bits per heavy atom. The molecular formula is C12H13ClN4O2. The molecule has 0 fully saturated rings. The summed E-state index contributed by atoms with van der Waals surface area (Å²) in [5.41, 5.74) is 2.07. The molecule has 0 spiro atoms. The number of benzene rings is 1. The fourth-order valence-electron chi connectivity index (χ4n) is 1.91. The van der Waals surface area contributed by atoms with Crippen molar-refractivity contribution < 1.29 is 4.92 Å². The number of anilines is 1. The van der Waals surface area contributed by atoms with Crippen LogP contribution in [0.3, 0.4) is 0 Å². The van der Waals surface area contributed by atoms with Gasteiger partial charge in [-0.15, -0.1) is 0 Å². The van der Waals surface area contributed by atoms with Gasteiger partial charge in [0.05, 0.1) is 22.2 Å². The Morgan fingerprint density at radius 3 is 2.79 bits per heavy atom. The minimum atomic E-state index is -0.406. The average molecular weight is 281 g/mol. The number of rotatable bonds is 4. The standard InChI is InChI=1S/C12H13ClN4O2/c1-8-10(13)7-16(15-8)6-9-4-3-5-11(17(18)19)12(9)14-2/h3-5,7,14H,6H2,1-2H3. The minimum absolute atomic E-state index is 0.0509. The second kappa shape index (κ2) is 5.27. The highest BCUT2D eigenvalue weighted by atomic mass is 35.5. The molecule has 1 aromatic carbocycles. The number of para-hydroxylation sites is 1. The highest BCUT2D eigenvalue weighted by Gasteiger charge is 2.16. The third-order valence-corrected chi connectivity index (χ3v) is 3.17. The molecule has 0 atom stereocenters. The average Bonchev–Trinajstić information content (AvgIpc) is 2.67. The van der Waals surface area contributed by atoms with E-state index in [2.05, 4.69) is 10.4 Å². The molecule has 0 saturated heterocycles. The quantitative estimate of drug-likeness (QED) is 0.690. The monoisotopic (exact) mass is 280 g/mol. The van der Waals surface area contributed by atoms with Crippen LogP contribution in [0.1, 0.15) is 11.3 Å². The second-order valence-electron chi connectivity index (χ2n) is 4.08. The Morgan fingerprint density at radius 2 is 2.26 bits per heavy atom. The number of nitro groups is 1. The van der Waals surface area contributed by atoms with Crippen molar-refractivity contribution in [2.45, 2.75) is 13.5 Å². The summed E-state index contributed by atoms with van der Waals surface area (Å²) in [5, 5.41) is 18.7. The first-order valence-electron chi connectivity index (χ1n) is 5.66. The summed E-state index contributed by atoms with van der Waals surface area (Å²) in [4.78, 5) is 10.6. The first kappa shape index (κ1) is 13.4. The molecule has 0 radical (unpaired) electrons. The van der Waals surface area contributed by atoms with Gasteiger partial charge in [-0.2, -0.15) is 5.10 Å². The summed E-state index contributed by atoms with van der Waals surface area (Å²) >= 11 is 5.94. The van der Waals surface area contributed by atoms with Crippen molar-refractivity contribution in [1.29, 1.82) is 0 Å². The zero-order valence-electron chi connectivity index (χ0n) is 10.6. The normalized spacial score (nSPS) is 10.5. The fourth-order valence-corrected chi connectivity index (χ4v) is 2.06. The van der Waals surface area contributed by atoms with Gasteiger partial charge in [-0.25, -0.2) is 0 Å². The van der Waals surface area contributed by atoms with Gasteiger partial charge in [-0.1, -0.05) is 23.7 Å². The third kappa shape index (κ3) is 2.68. The van der Waals surface area contributed by atoms with E-state index >= 15 is 0 Å². The van der Waals surface area contributed by atoms with Crippen LogP contribution >= 0.6 is 11.6 Å². The summed E-state index contributed by atoms with van der Waals surface area (Å²) in [6, 6.07) is 4.95. The number of halogens is 1. The third-order valence-electron chi connectivity index (χ3n) is 2.79. The van der Waals surface area contributed by atoms with Crippen molar-refractivity contribution in [3.63, 3.8) is 0 Å². The van der Waals surface area contributed by atoms with Gasteiger partial charge in [0.2, 0.25) is 0 Å². The molecular weight excluding hydrogens is 268 g/mol. The number of nitrogens with zero attached hydrogens (tertiary/aromatic N) is 3. The van der Waals surface area contributed by atoms with E-state index < -0.39 is 4.92 Å². The van der Waals surface area contributed by atoms with E-state index in [1.807, 2.05) is 13.0 Å². The molecule has 1 aromatic heterocycles. The minimum Gasteiger partial charge on any atom is -0.382 e. The molecule has 0 aliphatic carbocycles. The smallest absolute Gasteiger partial charge is 0.292 e. The van der Waals surface area contributed by atoms with E-state index in [1.165, 1.54) is 6.07 Å². The van der Waals surface area contributed by atoms with Gasteiger partial charge in [0.25, 0.3) is 5.69 Å². The number of hydrogen-bond acceptors (Lipinski definition) is 4. The van der Waals surface area contributed by atoms with Gasteiger partial charge in [0.1, 0.15) is 5.69 Å². The van der Waals surface area contributed by atoms with Crippen LogP contribution in [-0.2, 0) is 6.54 Å². The SMILES string of the molecule is CNc1c(Cn2cc(Cl)c(C)n2)cccc1[N+](=O)[O-]. The number of nitro benzene ring substituents is 1. The van der Waals surface area contributed by atoms with Crippen molar-refractivity contribution in [2.24, 2.45) is 0 Å². The van der Waals surface area contributed by atoms with E-state index in [9.17, 15) is 10.1 Å². The molecule has 0 aliphatic heterocycles. The Balaban J connectivity index is 2.39. The molecule has 0 amide bonds. The van der Waals surface area contributed by atoms with Gasteiger partial charge in [-0.3, -0.25) is 14.8 Å². The Labute approximate surface area is 115 Å². The summed E-state index contributed by atoms with van der Waals surface area (Å²) in [7, 11) is 1.66. The van der Waals surface area contributed by atoms with Crippen LogP contribution in [0.2, 0.25) is 5.02 Å². The first-order chi connectivity index (χ1) is 9.02. The van der Waals surface area contributed by atoms with Crippen molar-refractivity contribution in [2.75, 3.05) is 12.4 Å². The van der Waals surface area contributed by atoms with Gasteiger partial charge in [0, 0.05) is 24.9 Å². The molecule has 2 rings (SSSR count). The van der Waals surface area contributed by atoms with Crippen LogP contribution in [-0.4, -0.2) is 21.8 Å². The van der Waals surface area contributed by atoms with E-state index in [0.717, 1.165) is 11.3 Å². The van der Waals surface area contributed by atoms with Crippen molar-refractivity contribution in [1.82, 2.24) is 9.78 Å². The lowest BCUT2D eigenvalue weighted by Gasteiger charge is -2.09. The summed E-state index contributed by atoms with van der Waals surface area (Å²) in [5.74, 6) is 0. The maximum Gasteiger partial charge on any atom is 0.292 e. The predicted molar refractivity (Wildman–Crippen MR) is 73.7 cm³/mol.